The van der Waals surface area contributed by atoms with Gasteiger partial charge in [-0.2, -0.15) is 5.26 Å². The summed E-state index contributed by atoms with van der Waals surface area (Å²) in [6, 6.07) is 9.95. The number of nitriles is 1. The Labute approximate surface area is 110 Å². The van der Waals surface area contributed by atoms with Gasteiger partial charge >= 0.3 is 0 Å². The van der Waals surface area contributed by atoms with Crippen LogP contribution in [0.15, 0.2) is 29.8 Å². The highest BCUT2D eigenvalue weighted by molar-refractivity contribution is 5.60. The third-order valence-electron chi connectivity index (χ3n) is 2.74. The predicted molar refractivity (Wildman–Crippen MR) is 77.2 cm³/mol. The topological polar surface area (TPSA) is 35.8 Å². The molecule has 0 spiro atoms. The van der Waals surface area contributed by atoms with Gasteiger partial charge in [0.2, 0.25) is 0 Å². The van der Waals surface area contributed by atoms with Crippen molar-refractivity contribution in [2.75, 3.05) is 6.54 Å². The van der Waals surface area contributed by atoms with Crippen LogP contribution in [0.4, 0.5) is 0 Å². The molecular formula is C16H22N2. The Morgan fingerprint density at radius 2 is 2.00 bits per heavy atom. The Hall–Kier alpha value is -1.59. The summed E-state index contributed by atoms with van der Waals surface area (Å²) in [6.07, 6.45) is 3.11. The van der Waals surface area contributed by atoms with Gasteiger partial charge < -0.3 is 5.32 Å². The molecule has 0 unspecified atom stereocenters. The van der Waals surface area contributed by atoms with Crippen LogP contribution in [-0.4, -0.2) is 12.1 Å². The van der Waals surface area contributed by atoms with Crippen LogP contribution in [0.2, 0.25) is 0 Å². The molecule has 0 radical (unpaired) electrons. The first kappa shape index (κ1) is 14.5. The minimum atomic E-state index is 0.114. The molecule has 0 atom stereocenters. The highest BCUT2D eigenvalue weighted by atomic mass is 14.9. The molecule has 0 aliphatic carbocycles. The van der Waals surface area contributed by atoms with Crippen molar-refractivity contribution in [3.05, 3.63) is 41.0 Å². The maximum atomic E-state index is 9.07. The highest BCUT2D eigenvalue weighted by Crippen LogP contribution is 2.14. The fraction of sp³-hybridized carbons (Fsp3) is 0.438. The normalized spacial score (nSPS) is 12.3. The Balaban J connectivity index is 2.88. The molecule has 0 bridgehead atoms. The molecule has 0 aromatic heterocycles. The largest absolute Gasteiger partial charge is 0.308 e. The van der Waals surface area contributed by atoms with Crippen molar-refractivity contribution < 1.29 is 0 Å². The minimum absolute atomic E-state index is 0.114. The van der Waals surface area contributed by atoms with Gasteiger partial charge in [-0.1, -0.05) is 36.8 Å². The zero-order chi connectivity index (χ0) is 13.6. The van der Waals surface area contributed by atoms with E-state index < -0.39 is 0 Å². The molecule has 0 heterocycles. The molecule has 1 aromatic carbocycles. The van der Waals surface area contributed by atoms with Gasteiger partial charge in [-0.15, -0.1) is 0 Å². The average Bonchev–Trinajstić information content (AvgIpc) is 2.33. The number of hydrogen-bond acceptors (Lipinski definition) is 2. The third-order valence-corrected chi connectivity index (χ3v) is 2.74. The first-order valence-corrected chi connectivity index (χ1v) is 6.40. The zero-order valence-electron chi connectivity index (χ0n) is 11.7. The summed E-state index contributed by atoms with van der Waals surface area (Å²) >= 11 is 0. The van der Waals surface area contributed by atoms with Gasteiger partial charge in [-0.25, -0.2) is 0 Å². The van der Waals surface area contributed by atoms with Crippen molar-refractivity contribution in [2.24, 2.45) is 0 Å². The smallest absolute Gasteiger partial charge is 0.0997 e. The van der Waals surface area contributed by atoms with E-state index in [1.165, 1.54) is 5.57 Å². The summed E-state index contributed by atoms with van der Waals surface area (Å²) < 4.78 is 0. The maximum absolute atomic E-state index is 9.07. The second kappa shape index (κ2) is 6.37. The first-order valence-electron chi connectivity index (χ1n) is 6.40. The lowest BCUT2D eigenvalue weighted by molar-refractivity contribution is 0.443. The van der Waals surface area contributed by atoms with E-state index in [-0.39, 0.29) is 5.54 Å². The van der Waals surface area contributed by atoms with Crippen LogP contribution in [0.25, 0.3) is 6.08 Å². The number of rotatable bonds is 4. The molecule has 18 heavy (non-hydrogen) atoms. The predicted octanol–water partition coefficient (Wildman–Crippen LogP) is 3.74. The van der Waals surface area contributed by atoms with Crippen molar-refractivity contribution >= 4 is 6.08 Å². The molecule has 1 rings (SSSR count). The standard InChI is InChI=1S/C16H22N2/c1-5-13(12-18-16(2,3)4)10-14-8-6-7-9-15(14)11-17/h6-10,18H,5,12H2,1-4H3/b13-10-. The Kier molecular flexibility index (Phi) is 5.12. The van der Waals surface area contributed by atoms with Crippen LogP contribution in [-0.2, 0) is 0 Å². The molecule has 0 saturated heterocycles. The summed E-state index contributed by atoms with van der Waals surface area (Å²) in [4.78, 5) is 0. The minimum Gasteiger partial charge on any atom is -0.308 e. The van der Waals surface area contributed by atoms with E-state index >= 15 is 0 Å². The maximum Gasteiger partial charge on any atom is 0.0997 e. The van der Waals surface area contributed by atoms with Crippen molar-refractivity contribution in [2.45, 2.75) is 39.7 Å². The van der Waals surface area contributed by atoms with E-state index in [1.807, 2.05) is 24.3 Å². The third kappa shape index (κ3) is 4.73. The molecule has 0 aliphatic rings. The Morgan fingerprint density at radius 1 is 1.33 bits per heavy atom. The van der Waals surface area contributed by atoms with Crippen LogP contribution in [0.1, 0.15) is 45.2 Å². The second-order valence-corrected chi connectivity index (χ2v) is 5.46. The summed E-state index contributed by atoms with van der Waals surface area (Å²) in [5, 5.41) is 12.5. The van der Waals surface area contributed by atoms with Gasteiger partial charge in [0, 0.05) is 12.1 Å². The van der Waals surface area contributed by atoms with Gasteiger partial charge in [0.1, 0.15) is 0 Å². The van der Waals surface area contributed by atoms with Gasteiger partial charge in [0.25, 0.3) is 0 Å². The fourth-order valence-electron chi connectivity index (χ4n) is 1.60. The van der Waals surface area contributed by atoms with Gasteiger partial charge in [-0.05, 0) is 38.8 Å². The van der Waals surface area contributed by atoms with E-state index in [2.05, 4.69) is 45.2 Å². The lowest BCUT2D eigenvalue weighted by Gasteiger charge is -2.21. The average molecular weight is 242 g/mol. The summed E-state index contributed by atoms with van der Waals surface area (Å²) in [6.45, 7) is 9.47. The summed E-state index contributed by atoms with van der Waals surface area (Å²) in [5.41, 5.74) is 3.17. The van der Waals surface area contributed by atoms with Crippen LogP contribution < -0.4 is 5.32 Å². The number of nitrogens with zero attached hydrogens (tertiary/aromatic N) is 1. The van der Waals surface area contributed by atoms with E-state index in [0.29, 0.717) is 0 Å². The number of nitrogens with one attached hydrogen (secondary N) is 1. The van der Waals surface area contributed by atoms with Crippen molar-refractivity contribution in [1.29, 1.82) is 5.26 Å². The van der Waals surface area contributed by atoms with Crippen LogP contribution in [0, 0.1) is 11.3 Å². The quantitative estimate of drug-likeness (QED) is 0.873. The first-order chi connectivity index (χ1) is 8.46. The molecule has 96 valence electrons. The van der Waals surface area contributed by atoms with Crippen molar-refractivity contribution in [3.8, 4) is 6.07 Å². The zero-order valence-corrected chi connectivity index (χ0v) is 11.7. The molecule has 2 nitrogen and oxygen atoms in total. The molecule has 1 N–H and O–H groups in total. The molecule has 2 heteroatoms. The van der Waals surface area contributed by atoms with Gasteiger partial charge in [0.05, 0.1) is 11.6 Å². The van der Waals surface area contributed by atoms with Gasteiger partial charge in [0.15, 0.2) is 0 Å². The SMILES string of the molecule is CC/C(=C/c1ccccc1C#N)CNC(C)(C)C. The summed E-state index contributed by atoms with van der Waals surface area (Å²) in [5.74, 6) is 0. The molecule has 0 fully saturated rings. The lowest BCUT2D eigenvalue weighted by Crippen LogP contribution is -2.36. The number of hydrogen-bond donors (Lipinski definition) is 1. The molecule has 0 amide bonds. The van der Waals surface area contributed by atoms with Gasteiger partial charge in [-0.3, -0.25) is 0 Å². The van der Waals surface area contributed by atoms with Crippen molar-refractivity contribution in [3.63, 3.8) is 0 Å². The van der Waals surface area contributed by atoms with E-state index in [9.17, 15) is 0 Å². The monoisotopic (exact) mass is 242 g/mol. The summed E-state index contributed by atoms with van der Waals surface area (Å²) in [7, 11) is 0. The molecular weight excluding hydrogens is 220 g/mol. The highest BCUT2D eigenvalue weighted by Gasteiger charge is 2.09. The second-order valence-electron chi connectivity index (χ2n) is 5.46. The molecule has 1 aromatic rings. The van der Waals surface area contributed by atoms with E-state index in [1.54, 1.807) is 0 Å². The Morgan fingerprint density at radius 3 is 2.56 bits per heavy atom. The van der Waals surface area contributed by atoms with Crippen LogP contribution >= 0.6 is 0 Å². The molecule has 0 saturated carbocycles. The fourth-order valence-corrected chi connectivity index (χ4v) is 1.60. The number of benzene rings is 1. The van der Waals surface area contributed by atoms with E-state index in [4.69, 9.17) is 5.26 Å². The lowest BCUT2D eigenvalue weighted by atomic mass is 10.0. The van der Waals surface area contributed by atoms with Crippen LogP contribution in [0.3, 0.4) is 0 Å². The van der Waals surface area contributed by atoms with Crippen LogP contribution in [0.5, 0.6) is 0 Å². The van der Waals surface area contributed by atoms with Crippen molar-refractivity contribution in [1.82, 2.24) is 5.32 Å². The van der Waals surface area contributed by atoms with E-state index in [0.717, 1.165) is 24.1 Å². The molecule has 0 aliphatic heterocycles. The Bertz CT molecular complexity index is 459.